The number of amides is 2. The second-order valence-electron chi connectivity index (χ2n) is 6.82. The smallest absolute Gasteiger partial charge is 0.317 e. The van der Waals surface area contributed by atoms with Gasteiger partial charge in [0.05, 0.1) is 13.7 Å². The number of likely N-dealkylation sites (N-methyl/N-ethyl adjacent to an activating group) is 1. The van der Waals surface area contributed by atoms with E-state index < -0.39 is 0 Å². The molecule has 0 spiro atoms. The third-order valence-electron chi connectivity index (χ3n) is 4.46. The molecule has 5 heteroatoms. The van der Waals surface area contributed by atoms with Crippen molar-refractivity contribution in [2.24, 2.45) is 0 Å². The van der Waals surface area contributed by atoms with Gasteiger partial charge in [0.15, 0.2) is 0 Å². The molecule has 2 rings (SSSR count). The van der Waals surface area contributed by atoms with E-state index in [2.05, 4.69) is 17.4 Å². The number of hydrogen-bond donors (Lipinski definition) is 1. The maximum absolute atomic E-state index is 12.3. The van der Waals surface area contributed by atoms with Gasteiger partial charge in [0.25, 0.3) is 0 Å². The summed E-state index contributed by atoms with van der Waals surface area (Å²) in [5, 5.41) is 3.04. The van der Waals surface area contributed by atoms with E-state index in [0.29, 0.717) is 13.2 Å². The second kappa shape index (κ2) is 10.5. The van der Waals surface area contributed by atoms with Crippen molar-refractivity contribution in [2.45, 2.75) is 32.7 Å². The first-order valence-corrected chi connectivity index (χ1v) is 9.32. The van der Waals surface area contributed by atoms with Gasteiger partial charge < -0.3 is 19.7 Å². The summed E-state index contributed by atoms with van der Waals surface area (Å²) in [7, 11) is 3.44. The number of aryl methyl sites for hydroxylation is 2. The summed E-state index contributed by atoms with van der Waals surface area (Å²) in [4.78, 5) is 13.9. The molecule has 0 aromatic heterocycles. The Bertz CT molecular complexity index is 699. The Morgan fingerprint density at radius 2 is 1.70 bits per heavy atom. The number of carbonyl (C=O) groups excluding carboxylic acids is 1. The fraction of sp³-hybridized carbons (Fsp3) is 0.409. The maximum Gasteiger partial charge on any atom is 0.317 e. The van der Waals surface area contributed by atoms with Crippen molar-refractivity contribution >= 4 is 6.03 Å². The van der Waals surface area contributed by atoms with Crippen LogP contribution in [0.2, 0.25) is 0 Å². The predicted octanol–water partition coefficient (Wildman–Crippen LogP) is 4.05. The van der Waals surface area contributed by atoms with Gasteiger partial charge in [-0.3, -0.25) is 0 Å². The third kappa shape index (κ3) is 7.21. The van der Waals surface area contributed by atoms with E-state index in [0.717, 1.165) is 24.3 Å². The standard InChI is InChI=1S/C22H30N2O3/c1-17-5-11-21(12-6-17)27-16-15-24(3)22(25)23-18(2)7-8-19-9-13-20(26-4)14-10-19/h5-6,9-14,18H,7-8,15-16H2,1-4H3,(H,23,25). The number of rotatable bonds is 9. The summed E-state index contributed by atoms with van der Waals surface area (Å²) in [6.45, 7) is 5.06. The van der Waals surface area contributed by atoms with Gasteiger partial charge in [0, 0.05) is 13.1 Å². The highest BCUT2D eigenvalue weighted by atomic mass is 16.5. The first-order chi connectivity index (χ1) is 13.0. The minimum Gasteiger partial charge on any atom is -0.497 e. The molecule has 2 aromatic carbocycles. The van der Waals surface area contributed by atoms with Crippen LogP contribution in [0.5, 0.6) is 11.5 Å². The molecule has 0 saturated heterocycles. The van der Waals surface area contributed by atoms with Crippen LogP contribution < -0.4 is 14.8 Å². The van der Waals surface area contributed by atoms with Crippen LogP contribution in [-0.4, -0.2) is 44.3 Å². The van der Waals surface area contributed by atoms with Crippen molar-refractivity contribution in [3.8, 4) is 11.5 Å². The number of nitrogens with zero attached hydrogens (tertiary/aromatic N) is 1. The van der Waals surface area contributed by atoms with Gasteiger partial charge in [-0.1, -0.05) is 29.8 Å². The zero-order chi connectivity index (χ0) is 19.6. The molecular formula is C22H30N2O3. The first kappa shape index (κ1) is 20.6. The van der Waals surface area contributed by atoms with Crippen LogP contribution in [0.4, 0.5) is 4.79 Å². The van der Waals surface area contributed by atoms with E-state index in [-0.39, 0.29) is 12.1 Å². The summed E-state index contributed by atoms with van der Waals surface area (Å²) in [6, 6.07) is 16.0. The van der Waals surface area contributed by atoms with Gasteiger partial charge in [0.2, 0.25) is 0 Å². The Labute approximate surface area is 162 Å². The summed E-state index contributed by atoms with van der Waals surface area (Å²) in [6.07, 6.45) is 1.79. The van der Waals surface area contributed by atoms with Crippen molar-refractivity contribution in [2.75, 3.05) is 27.3 Å². The Morgan fingerprint density at radius 3 is 2.33 bits per heavy atom. The van der Waals surface area contributed by atoms with E-state index >= 15 is 0 Å². The molecule has 0 bridgehead atoms. The molecule has 5 nitrogen and oxygen atoms in total. The molecule has 1 N–H and O–H groups in total. The van der Waals surface area contributed by atoms with E-state index in [9.17, 15) is 4.79 Å². The largest absolute Gasteiger partial charge is 0.497 e. The topological polar surface area (TPSA) is 50.8 Å². The van der Waals surface area contributed by atoms with Crippen molar-refractivity contribution in [1.29, 1.82) is 0 Å². The molecule has 0 heterocycles. The average molecular weight is 370 g/mol. The van der Waals surface area contributed by atoms with Crippen LogP contribution in [-0.2, 0) is 6.42 Å². The minimum absolute atomic E-state index is 0.0789. The lowest BCUT2D eigenvalue weighted by Gasteiger charge is -2.21. The number of ether oxygens (including phenoxy) is 2. The number of hydrogen-bond acceptors (Lipinski definition) is 3. The van der Waals surface area contributed by atoms with Gasteiger partial charge in [-0.25, -0.2) is 4.79 Å². The average Bonchev–Trinajstić information content (AvgIpc) is 2.68. The molecule has 146 valence electrons. The van der Waals surface area contributed by atoms with Gasteiger partial charge >= 0.3 is 6.03 Å². The SMILES string of the molecule is COc1ccc(CCC(C)NC(=O)N(C)CCOc2ccc(C)cc2)cc1. The predicted molar refractivity (Wildman–Crippen MR) is 109 cm³/mol. The van der Waals surface area contributed by atoms with Crippen molar-refractivity contribution < 1.29 is 14.3 Å². The lowest BCUT2D eigenvalue weighted by molar-refractivity contribution is 0.192. The van der Waals surface area contributed by atoms with Gasteiger partial charge in [-0.15, -0.1) is 0 Å². The fourth-order valence-corrected chi connectivity index (χ4v) is 2.60. The van der Waals surface area contributed by atoms with Crippen molar-refractivity contribution in [1.82, 2.24) is 10.2 Å². The van der Waals surface area contributed by atoms with Crippen LogP contribution >= 0.6 is 0 Å². The Morgan fingerprint density at radius 1 is 1.07 bits per heavy atom. The molecule has 2 amide bonds. The van der Waals surface area contributed by atoms with Gasteiger partial charge in [0.1, 0.15) is 18.1 Å². The fourth-order valence-electron chi connectivity index (χ4n) is 2.60. The van der Waals surface area contributed by atoms with Crippen molar-refractivity contribution in [3.05, 3.63) is 59.7 Å². The number of urea groups is 1. The normalized spacial score (nSPS) is 11.6. The van der Waals surface area contributed by atoms with Crippen LogP contribution in [0.15, 0.2) is 48.5 Å². The molecule has 1 unspecified atom stereocenters. The number of nitrogens with one attached hydrogen (secondary N) is 1. The molecule has 0 aliphatic heterocycles. The Hall–Kier alpha value is -2.69. The summed E-state index contributed by atoms with van der Waals surface area (Å²) >= 11 is 0. The Balaban J connectivity index is 1.67. The van der Waals surface area contributed by atoms with E-state index in [1.807, 2.05) is 50.2 Å². The molecule has 0 fully saturated rings. The van der Waals surface area contributed by atoms with Crippen LogP contribution in [0.1, 0.15) is 24.5 Å². The summed E-state index contributed by atoms with van der Waals surface area (Å²) in [5.74, 6) is 1.68. The molecule has 27 heavy (non-hydrogen) atoms. The number of benzene rings is 2. The molecule has 1 atom stereocenters. The lowest BCUT2D eigenvalue weighted by Crippen LogP contribution is -2.43. The molecule has 0 saturated carbocycles. The molecular weight excluding hydrogens is 340 g/mol. The Kier molecular flexibility index (Phi) is 7.99. The molecule has 0 radical (unpaired) electrons. The quantitative estimate of drug-likeness (QED) is 0.725. The second-order valence-corrected chi connectivity index (χ2v) is 6.82. The van der Waals surface area contributed by atoms with Crippen LogP contribution in [0, 0.1) is 6.92 Å². The van der Waals surface area contributed by atoms with Gasteiger partial charge in [-0.2, -0.15) is 0 Å². The van der Waals surface area contributed by atoms with Gasteiger partial charge in [-0.05, 0) is 56.5 Å². The molecule has 0 aliphatic carbocycles. The number of carbonyl (C=O) groups is 1. The molecule has 0 aliphatic rings. The highest BCUT2D eigenvalue weighted by Gasteiger charge is 2.12. The van der Waals surface area contributed by atoms with E-state index in [4.69, 9.17) is 9.47 Å². The van der Waals surface area contributed by atoms with Crippen LogP contribution in [0.25, 0.3) is 0 Å². The minimum atomic E-state index is -0.0789. The molecule has 2 aromatic rings. The zero-order valence-electron chi connectivity index (χ0n) is 16.7. The third-order valence-corrected chi connectivity index (χ3v) is 4.46. The highest BCUT2D eigenvalue weighted by molar-refractivity contribution is 5.74. The lowest BCUT2D eigenvalue weighted by atomic mass is 10.1. The summed E-state index contributed by atoms with van der Waals surface area (Å²) in [5.41, 5.74) is 2.43. The van der Waals surface area contributed by atoms with Crippen LogP contribution in [0.3, 0.4) is 0 Å². The first-order valence-electron chi connectivity index (χ1n) is 9.32. The highest BCUT2D eigenvalue weighted by Crippen LogP contribution is 2.13. The maximum atomic E-state index is 12.3. The summed E-state index contributed by atoms with van der Waals surface area (Å²) < 4.78 is 10.8. The monoisotopic (exact) mass is 370 g/mol. The zero-order valence-corrected chi connectivity index (χ0v) is 16.7. The van der Waals surface area contributed by atoms with E-state index in [1.54, 1.807) is 19.1 Å². The van der Waals surface area contributed by atoms with E-state index in [1.165, 1.54) is 11.1 Å². The van der Waals surface area contributed by atoms with Crippen molar-refractivity contribution in [3.63, 3.8) is 0 Å². The number of methoxy groups -OCH3 is 1.